The van der Waals surface area contributed by atoms with Crippen molar-refractivity contribution in [2.24, 2.45) is 0 Å². The van der Waals surface area contributed by atoms with Crippen LogP contribution in [0.3, 0.4) is 0 Å². The van der Waals surface area contributed by atoms with Crippen LogP contribution in [-0.2, 0) is 4.79 Å². The van der Waals surface area contributed by atoms with E-state index < -0.39 is 0 Å². The van der Waals surface area contributed by atoms with Crippen LogP contribution in [0.5, 0.6) is 0 Å². The molecule has 0 saturated carbocycles. The molecule has 0 atom stereocenters. The molecule has 21 heavy (non-hydrogen) atoms. The molecule has 1 heterocycles. The van der Waals surface area contributed by atoms with E-state index in [0.717, 1.165) is 5.76 Å². The average Bonchev–Trinajstić information content (AvgIpc) is 2.85. The van der Waals surface area contributed by atoms with Gasteiger partial charge in [0.2, 0.25) is 5.91 Å². The summed E-state index contributed by atoms with van der Waals surface area (Å²) >= 11 is 11.0. The molecule has 2 N–H and O–H groups in total. The minimum Gasteiger partial charge on any atom is -0.462 e. The molecule has 0 fully saturated rings. The third-order valence-corrected chi connectivity index (χ3v) is 3.05. The maximum atomic E-state index is 11.7. The Morgan fingerprint density at radius 2 is 2.05 bits per heavy atom. The fraction of sp³-hybridized carbons (Fsp3) is 0.0667. The van der Waals surface area contributed by atoms with Crippen molar-refractivity contribution in [2.75, 3.05) is 5.32 Å². The van der Waals surface area contributed by atoms with Crippen LogP contribution >= 0.6 is 23.8 Å². The van der Waals surface area contributed by atoms with Gasteiger partial charge in [0.25, 0.3) is 0 Å². The zero-order valence-corrected chi connectivity index (χ0v) is 12.8. The van der Waals surface area contributed by atoms with E-state index in [-0.39, 0.29) is 11.0 Å². The molecule has 0 saturated heterocycles. The highest BCUT2D eigenvalue weighted by Gasteiger charge is 2.04. The van der Waals surface area contributed by atoms with Gasteiger partial charge in [-0.15, -0.1) is 0 Å². The summed E-state index contributed by atoms with van der Waals surface area (Å²) in [6, 6.07) is 10.7. The van der Waals surface area contributed by atoms with Crippen molar-refractivity contribution in [3.63, 3.8) is 0 Å². The minimum atomic E-state index is -0.353. The lowest BCUT2D eigenvalue weighted by atomic mass is 10.3. The number of nitrogens with one attached hydrogen (secondary N) is 2. The fourth-order valence-electron chi connectivity index (χ4n) is 1.57. The average molecular weight is 321 g/mol. The van der Waals surface area contributed by atoms with E-state index in [2.05, 4.69) is 10.6 Å². The monoisotopic (exact) mass is 320 g/mol. The number of halogens is 1. The fourth-order valence-corrected chi connectivity index (χ4v) is 1.96. The molecule has 1 aromatic heterocycles. The SMILES string of the molecule is Cc1ccc(/C=C/C(=O)NC(=S)Nc2ccccc2Cl)o1. The molecule has 108 valence electrons. The van der Waals surface area contributed by atoms with Crippen LogP contribution in [-0.4, -0.2) is 11.0 Å². The Kier molecular flexibility index (Phi) is 5.14. The number of carbonyl (C=O) groups is 1. The standard InChI is InChI=1S/C15H13ClN2O2S/c1-10-6-7-11(20-10)8-9-14(19)18-15(21)17-13-5-3-2-4-12(13)16/h2-9H,1H3,(H2,17,18,19,21)/b9-8+. The number of furan rings is 1. The first-order valence-electron chi connectivity index (χ1n) is 6.15. The predicted molar refractivity (Wildman–Crippen MR) is 88.3 cm³/mol. The van der Waals surface area contributed by atoms with Crippen LogP contribution < -0.4 is 10.6 Å². The predicted octanol–water partition coefficient (Wildman–Crippen LogP) is 3.77. The van der Waals surface area contributed by atoms with Crippen LogP contribution in [0, 0.1) is 6.92 Å². The van der Waals surface area contributed by atoms with E-state index in [9.17, 15) is 4.79 Å². The van der Waals surface area contributed by atoms with Gasteiger partial charge >= 0.3 is 0 Å². The van der Waals surface area contributed by atoms with Gasteiger partial charge in [0.15, 0.2) is 5.11 Å². The number of rotatable bonds is 3. The Balaban J connectivity index is 1.89. The molecule has 4 nitrogen and oxygen atoms in total. The van der Waals surface area contributed by atoms with E-state index in [1.807, 2.05) is 25.1 Å². The topological polar surface area (TPSA) is 54.3 Å². The van der Waals surface area contributed by atoms with Crippen LogP contribution in [0.4, 0.5) is 5.69 Å². The van der Waals surface area contributed by atoms with Gasteiger partial charge in [-0.2, -0.15) is 0 Å². The maximum Gasteiger partial charge on any atom is 0.250 e. The highest BCUT2D eigenvalue weighted by molar-refractivity contribution is 7.80. The van der Waals surface area contributed by atoms with Gasteiger partial charge in [0.05, 0.1) is 10.7 Å². The van der Waals surface area contributed by atoms with E-state index in [4.69, 9.17) is 28.2 Å². The first kappa shape index (κ1) is 15.3. The van der Waals surface area contributed by atoms with Crippen molar-refractivity contribution in [1.82, 2.24) is 5.32 Å². The number of carbonyl (C=O) groups excluding carboxylic acids is 1. The Hall–Kier alpha value is -2.11. The molecule has 2 aromatic rings. The van der Waals surface area contributed by atoms with E-state index in [0.29, 0.717) is 16.5 Å². The lowest BCUT2D eigenvalue weighted by Gasteiger charge is -2.09. The zero-order valence-electron chi connectivity index (χ0n) is 11.2. The van der Waals surface area contributed by atoms with Gasteiger partial charge in [0.1, 0.15) is 11.5 Å². The highest BCUT2D eigenvalue weighted by atomic mass is 35.5. The Morgan fingerprint density at radius 3 is 2.71 bits per heavy atom. The summed E-state index contributed by atoms with van der Waals surface area (Å²) in [5.41, 5.74) is 0.634. The van der Waals surface area contributed by atoms with Crippen LogP contribution in [0.25, 0.3) is 6.08 Å². The molecular formula is C15H13ClN2O2S. The number of hydrogen-bond donors (Lipinski definition) is 2. The van der Waals surface area contributed by atoms with Crippen LogP contribution in [0.2, 0.25) is 5.02 Å². The van der Waals surface area contributed by atoms with Crippen molar-refractivity contribution in [3.05, 3.63) is 59.0 Å². The number of para-hydroxylation sites is 1. The molecule has 0 unspecified atom stereocenters. The number of hydrogen-bond acceptors (Lipinski definition) is 3. The Morgan fingerprint density at radius 1 is 1.29 bits per heavy atom. The number of thiocarbonyl (C=S) groups is 1. The van der Waals surface area contributed by atoms with Gasteiger partial charge in [-0.05, 0) is 49.5 Å². The Labute approximate surface area is 132 Å². The van der Waals surface area contributed by atoms with Gasteiger partial charge < -0.3 is 9.73 Å². The third-order valence-electron chi connectivity index (χ3n) is 2.52. The first-order chi connectivity index (χ1) is 10.0. The van der Waals surface area contributed by atoms with Crippen molar-refractivity contribution in [1.29, 1.82) is 0 Å². The summed E-state index contributed by atoms with van der Waals surface area (Å²) in [7, 11) is 0. The van der Waals surface area contributed by atoms with E-state index in [1.165, 1.54) is 6.08 Å². The second-order valence-corrected chi connectivity index (χ2v) is 5.02. The normalized spacial score (nSPS) is 10.6. The largest absolute Gasteiger partial charge is 0.462 e. The lowest BCUT2D eigenvalue weighted by molar-refractivity contribution is -0.115. The third kappa shape index (κ3) is 4.73. The number of aryl methyl sites for hydroxylation is 1. The van der Waals surface area contributed by atoms with Gasteiger partial charge in [-0.1, -0.05) is 23.7 Å². The number of anilines is 1. The first-order valence-corrected chi connectivity index (χ1v) is 6.94. The molecule has 0 aliphatic carbocycles. The van der Waals surface area contributed by atoms with Crippen molar-refractivity contribution in [2.45, 2.75) is 6.92 Å². The molecule has 2 rings (SSSR count). The second kappa shape index (κ2) is 7.06. The van der Waals surface area contributed by atoms with E-state index in [1.54, 1.807) is 24.3 Å². The van der Waals surface area contributed by atoms with Crippen molar-refractivity contribution in [3.8, 4) is 0 Å². The van der Waals surface area contributed by atoms with Crippen molar-refractivity contribution >= 4 is 46.6 Å². The minimum absolute atomic E-state index is 0.174. The molecular weight excluding hydrogens is 308 g/mol. The Bertz CT molecular complexity index is 694. The van der Waals surface area contributed by atoms with Crippen LogP contribution in [0.1, 0.15) is 11.5 Å². The number of benzene rings is 1. The van der Waals surface area contributed by atoms with Gasteiger partial charge in [-0.25, -0.2) is 0 Å². The smallest absolute Gasteiger partial charge is 0.250 e. The molecule has 0 aliphatic heterocycles. The summed E-state index contributed by atoms with van der Waals surface area (Å²) in [6.45, 7) is 1.83. The molecule has 0 bridgehead atoms. The quantitative estimate of drug-likeness (QED) is 0.667. The molecule has 0 spiro atoms. The summed E-state index contributed by atoms with van der Waals surface area (Å²) in [6.07, 6.45) is 2.92. The zero-order chi connectivity index (χ0) is 15.2. The number of amides is 1. The molecule has 6 heteroatoms. The summed E-state index contributed by atoms with van der Waals surface area (Å²) in [5, 5.41) is 6.08. The van der Waals surface area contributed by atoms with Crippen molar-refractivity contribution < 1.29 is 9.21 Å². The second-order valence-electron chi connectivity index (χ2n) is 4.20. The van der Waals surface area contributed by atoms with E-state index >= 15 is 0 Å². The van der Waals surface area contributed by atoms with Gasteiger partial charge in [0, 0.05) is 6.08 Å². The van der Waals surface area contributed by atoms with Crippen LogP contribution in [0.15, 0.2) is 46.9 Å². The molecule has 0 aliphatic rings. The maximum absolute atomic E-state index is 11.7. The molecule has 0 radical (unpaired) electrons. The summed E-state index contributed by atoms with van der Waals surface area (Å²) in [5.74, 6) is 1.03. The molecule has 1 aromatic carbocycles. The summed E-state index contributed by atoms with van der Waals surface area (Å²) in [4.78, 5) is 11.7. The molecule has 1 amide bonds. The highest BCUT2D eigenvalue weighted by Crippen LogP contribution is 2.20. The lowest BCUT2D eigenvalue weighted by Crippen LogP contribution is -2.32. The summed E-state index contributed by atoms with van der Waals surface area (Å²) < 4.78 is 5.32. The van der Waals surface area contributed by atoms with Gasteiger partial charge in [-0.3, -0.25) is 10.1 Å².